The Hall–Kier alpha value is -2.41. The second-order valence-corrected chi connectivity index (χ2v) is 5.93. The summed E-state index contributed by atoms with van der Waals surface area (Å²) in [4.78, 5) is 13.8. The van der Waals surface area contributed by atoms with Crippen LogP contribution in [0.4, 0.5) is 0 Å². The summed E-state index contributed by atoms with van der Waals surface area (Å²) < 4.78 is 10.9. The van der Waals surface area contributed by atoms with Crippen LogP contribution in [0.3, 0.4) is 0 Å². The van der Waals surface area contributed by atoms with E-state index in [1.165, 1.54) is 0 Å². The van der Waals surface area contributed by atoms with Gasteiger partial charge in [0, 0.05) is 25.4 Å². The monoisotopic (exact) mass is 331 g/mol. The van der Waals surface area contributed by atoms with Crippen molar-refractivity contribution in [3.63, 3.8) is 0 Å². The van der Waals surface area contributed by atoms with E-state index in [0.717, 1.165) is 11.3 Å². The molecule has 0 unspecified atom stereocenters. The Morgan fingerprint density at radius 1 is 1.33 bits per heavy atom. The smallest absolute Gasteiger partial charge is 0.308 e. The Bertz CT molecular complexity index is 715. The number of aromatic nitrogens is 2. The number of benzene rings is 1. The normalized spacial score (nSPS) is 21.1. The van der Waals surface area contributed by atoms with Gasteiger partial charge in [-0.15, -0.1) is 10.2 Å². The first kappa shape index (κ1) is 16.4. The first-order valence-electron chi connectivity index (χ1n) is 8.01. The van der Waals surface area contributed by atoms with Gasteiger partial charge in [-0.1, -0.05) is 25.1 Å². The van der Waals surface area contributed by atoms with Gasteiger partial charge in [0.2, 0.25) is 11.8 Å². The van der Waals surface area contributed by atoms with Gasteiger partial charge in [0.05, 0.1) is 19.6 Å². The predicted octanol–water partition coefficient (Wildman–Crippen LogP) is 1.94. The number of rotatable bonds is 6. The highest BCUT2D eigenvalue weighted by molar-refractivity contribution is 5.72. The number of carboxylic acids is 1. The quantitative estimate of drug-likeness (QED) is 0.865. The van der Waals surface area contributed by atoms with Crippen LogP contribution in [-0.2, 0) is 17.8 Å². The van der Waals surface area contributed by atoms with Gasteiger partial charge in [-0.3, -0.25) is 9.69 Å². The number of hydrogen-bond donors (Lipinski definition) is 1. The standard InChI is InChI=1S/C17H21N3O4/c1-3-15-18-19-16(24-15)10-20-8-12(13(9-20)17(21)22)11-6-4-5-7-14(11)23-2/h4-7,12-13H,3,8-10H2,1-2H3,(H,21,22)/t12-,13+/m0/s1. The fraction of sp³-hybridized carbons (Fsp3) is 0.471. The fourth-order valence-corrected chi connectivity index (χ4v) is 3.24. The zero-order chi connectivity index (χ0) is 17.1. The molecule has 0 saturated carbocycles. The maximum Gasteiger partial charge on any atom is 0.308 e. The number of hydrogen-bond acceptors (Lipinski definition) is 6. The second kappa shape index (κ2) is 7.00. The first-order chi connectivity index (χ1) is 11.6. The molecular weight excluding hydrogens is 310 g/mol. The van der Waals surface area contributed by atoms with Crippen molar-refractivity contribution < 1.29 is 19.1 Å². The van der Waals surface area contributed by atoms with E-state index in [0.29, 0.717) is 37.8 Å². The van der Waals surface area contributed by atoms with Crippen molar-refractivity contribution in [2.24, 2.45) is 5.92 Å². The van der Waals surface area contributed by atoms with Crippen LogP contribution in [0.1, 0.15) is 30.2 Å². The molecule has 1 aliphatic rings. The van der Waals surface area contributed by atoms with Crippen LogP contribution in [0.2, 0.25) is 0 Å². The lowest BCUT2D eigenvalue weighted by Crippen LogP contribution is -2.23. The minimum atomic E-state index is -0.798. The van der Waals surface area contributed by atoms with Gasteiger partial charge in [0.1, 0.15) is 5.75 Å². The van der Waals surface area contributed by atoms with Gasteiger partial charge in [-0.05, 0) is 11.6 Å². The highest BCUT2D eigenvalue weighted by atomic mass is 16.5. The predicted molar refractivity (Wildman–Crippen MR) is 85.8 cm³/mol. The Kier molecular flexibility index (Phi) is 4.80. The molecule has 128 valence electrons. The molecule has 0 aliphatic carbocycles. The number of nitrogens with zero attached hydrogens (tertiary/aromatic N) is 3. The topological polar surface area (TPSA) is 88.7 Å². The van der Waals surface area contributed by atoms with Crippen molar-refractivity contribution in [3.05, 3.63) is 41.6 Å². The third-order valence-corrected chi connectivity index (χ3v) is 4.42. The molecule has 2 heterocycles. The Labute approximate surface area is 140 Å². The van der Waals surface area contributed by atoms with Crippen LogP contribution in [0.25, 0.3) is 0 Å². The molecule has 3 rings (SSSR count). The SMILES string of the molecule is CCc1nnc(CN2C[C@@H](C(=O)O)[C@H](c3ccccc3OC)C2)o1. The molecule has 0 spiro atoms. The molecule has 7 nitrogen and oxygen atoms in total. The van der Waals surface area contributed by atoms with Crippen LogP contribution in [-0.4, -0.2) is 46.4 Å². The van der Waals surface area contributed by atoms with E-state index in [1.807, 2.05) is 36.1 Å². The van der Waals surface area contributed by atoms with Crippen LogP contribution in [0.15, 0.2) is 28.7 Å². The van der Waals surface area contributed by atoms with Gasteiger partial charge in [-0.25, -0.2) is 0 Å². The highest BCUT2D eigenvalue weighted by Gasteiger charge is 2.40. The third kappa shape index (κ3) is 3.26. The number of para-hydroxylation sites is 1. The lowest BCUT2D eigenvalue weighted by atomic mass is 9.88. The van der Waals surface area contributed by atoms with Crippen molar-refractivity contribution in [2.45, 2.75) is 25.8 Å². The summed E-state index contributed by atoms with van der Waals surface area (Å²) in [6.07, 6.45) is 0.689. The second-order valence-electron chi connectivity index (χ2n) is 5.93. The molecule has 2 aromatic rings. The van der Waals surface area contributed by atoms with Gasteiger partial charge >= 0.3 is 5.97 Å². The van der Waals surface area contributed by atoms with Crippen LogP contribution < -0.4 is 4.74 Å². The average Bonchev–Trinajstić information content (AvgIpc) is 3.22. The lowest BCUT2D eigenvalue weighted by molar-refractivity contribution is -0.141. The van der Waals surface area contributed by atoms with Crippen LogP contribution >= 0.6 is 0 Å². The number of aryl methyl sites for hydroxylation is 1. The Morgan fingerprint density at radius 2 is 2.08 bits per heavy atom. The van der Waals surface area contributed by atoms with E-state index < -0.39 is 11.9 Å². The summed E-state index contributed by atoms with van der Waals surface area (Å²) in [5.74, 6) is 0.425. The third-order valence-electron chi connectivity index (χ3n) is 4.42. The number of aliphatic carboxylic acids is 1. The maximum atomic E-state index is 11.7. The molecule has 24 heavy (non-hydrogen) atoms. The molecule has 1 aliphatic heterocycles. The van der Waals surface area contributed by atoms with Crippen LogP contribution in [0.5, 0.6) is 5.75 Å². The van der Waals surface area contributed by atoms with Gasteiger partial charge < -0.3 is 14.3 Å². The molecule has 1 aromatic carbocycles. The van der Waals surface area contributed by atoms with E-state index in [2.05, 4.69) is 10.2 Å². The molecular formula is C17H21N3O4. The molecule has 2 atom stereocenters. The molecule has 0 amide bonds. The van der Waals surface area contributed by atoms with Crippen molar-refractivity contribution in [2.75, 3.05) is 20.2 Å². The van der Waals surface area contributed by atoms with Gasteiger partial charge in [0.15, 0.2) is 0 Å². The van der Waals surface area contributed by atoms with E-state index in [-0.39, 0.29) is 5.92 Å². The average molecular weight is 331 g/mol. The maximum absolute atomic E-state index is 11.7. The van der Waals surface area contributed by atoms with Crippen molar-refractivity contribution in [3.8, 4) is 5.75 Å². The van der Waals surface area contributed by atoms with Crippen molar-refractivity contribution in [1.29, 1.82) is 0 Å². The molecule has 0 bridgehead atoms. The number of carbonyl (C=O) groups is 1. The first-order valence-corrected chi connectivity index (χ1v) is 8.01. The van der Waals surface area contributed by atoms with E-state index >= 15 is 0 Å². The van der Waals surface area contributed by atoms with Gasteiger partial charge in [-0.2, -0.15) is 0 Å². The van der Waals surface area contributed by atoms with Crippen LogP contribution in [0, 0.1) is 5.92 Å². The lowest BCUT2D eigenvalue weighted by Gasteiger charge is -2.18. The number of carboxylic acid groups (broad SMARTS) is 1. The summed E-state index contributed by atoms with van der Waals surface area (Å²) in [5, 5.41) is 17.6. The van der Waals surface area contributed by atoms with E-state index in [4.69, 9.17) is 9.15 Å². The number of methoxy groups -OCH3 is 1. The summed E-state index contributed by atoms with van der Waals surface area (Å²) in [6, 6.07) is 7.59. The number of ether oxygens (including phenoxy) is 1. The Morgan fingerprint density at radius 3 is 2.75 bits per heavy atom. The summed E-state index contributed by atoms with van der Waals surface area (Å²) in [6.45, 7) is 3.47. The largest absolute Gasteiger partial charge is 0.496 e. The summed E-state index contributed by atoms with van der Waals surface area (Å²) in [5.41, 5.74) is 0.926. The highest BCUT2D eigenvalue weighted by Crippen LogP contribution is 2.38. The minimum absolute atomic E-state index is 0.132. The summed E-state index contributed by atoms with van der Waals surface area (Å²) in [7, 11) is 1.60. The van der Waals surface area contributed by atoms with E-state index in [1.54, 1.807) is 7.11 Å². The molecule has 1 fully saturated rings. The Balaban J connectivity index is 1.80. The van der Waals surface area contributed by atoms with Crippen molar-refractivity contribution in [1.82, 2.24) is 15.1 Å². The van der Waals surface area contributed by atoms with E-state index in [9.17, 15) is 9.90 Å². The minimum Gasteiger partial charge on any atom is -0.496 e. The molecule has 1 saturated heterocycles. The van der Waals surface area contributed by atoms with Crippen molar-refractivity contribution >= 4 is 5.97 Å². The fourth-order valence-electron chi connectivity index (χ4n) is 3.24. The molecule has 7 heteroatoms. The van der Waals surface area contributed by atoms with Gasteiger partial charge in [0.25, 0.3) is 0 Å². The zero-order valence-corrected chi connectivity index (χ0v) is 13.8. The molecule has 0 radical (unpaired) electrons. The number of likely N-dealkylation sites (tertiary alicyclic amines) is 1. The molecule has 1 N–H and O–H groups in total. The summed E-state index contributed by atoms with van der Waals surface area (Å²) >= 11 is 0. The molecule has 1 aromatic heterocycles. The zero-order valence-electron chi connectivity index (χ0n) is 13.8.